The summed E-state index contributed by atoms with van der Waals surface area (Å²) in [5, 5.41) is 8.35. The molecule has 4 rings (SSSR count). The van der Waals surface area contributed by atoms with Crippen molar-refractivity contribution in [2.75, 3.05) is 26.1 Å². The molecule has 6 nitrogen and oxygen atoms in total. The van der Waals surface area contributed by atoms with Crippen molar-refractivity contribution in [3.8, 4) is 22.8 Å². The summed E-state index contributed by atoms with van der Waals surface area (Å²) in [7, 11) is 3.28. The monoisotopic (exact) mass is 402 g/mol. The van der Waals surface area contributed by atoms with Crippen LogP contribution in [0.4, 0.5) is 5.82 Å². The maximum Gasteiger partial charge on any atom is 0.158 e. The Bertz CT molecular complexity index is 1130. The first-order valence-electron chi connectivity index (χ1n) is 9.97. The maximum absolute atomic E-state index is 5.40. The molecule has 0 bridgehead atoms. The van der Waals surface area contributed by atoms with Crippen LogP contribution in [0, 0.1) is 6.92 Å². The molecule has 0 aliphatic carbocycles. The number of nitrogens with one attached hydrogen (secondary N) is 1. The van der Waals surface area contributed by atoms with Gasteiger partial charge in [-0.3, -0.25) is 0 Å². The minimum atomic E-state index is 0.368. The van der Waals surface area contributed by atoms with Crippen molar-refractivity contribution < 1.29 is 9.47 Å². The number of rotatable bonds is 7. The molecule has 0 amide bonds. The number of fused-ring (bicyclic) bond motifs is 1. The van der Waals surface area contributed by atoms with Gasteiger partial charge in [-0.25, -0.2) is 4.98 Å². The van der Waals surface area contributed by atoms with Crippen molar-refractivity contribution in [2.45, 2.75) is 19.8 Å². The van der Waals surface area contributed by atoms with Gasteiger partial charge in [-0.2, -0.15) is 9.61 Å². The predicted octanol–water partition coefficient (Wildman–Crippen LogP) is 4.94. The minimum Gasteiger partial charge on any atom is -0.497 e. The molecule has 1 atom stereocenters. The van der Waals surface area contributed by atoms with Gasteiger partial charge >= 0.3 is 0 Å². The summed E-state index contributed by atoms with van der Waals surface area (Å²) in [4.78, 5) is 4.65. The highest BCUT2D eigenvalue weighted by Crippen LogP contribution is 2.30. The van der Waals surface area contributed by atoms with Crippen LogP contribution >= 0.6 is 0 Å². The van der Waals surface area contributed by atoms with E-state index >= 15 is 0 Å². The predicted molar refractivity (Wildman–Crippen MR) is 120 cm³/mol. The lowest BCUT2D eigenvalue weighted by Crippen LogP contribution is -2.13. The van der Waals surface area contributed by atoms with Crippen LogP contribution in [0.15, 0.2) is 60.7 Å². The molecule has 2 aromatic heterocycles. The minimum absolute atomic E-state index is 0.368. The van der Waals surface area contributed by atoms with Crippen molar-refractivity contribution in [2.24, 2.45) is 0 Å². The van der Waals surface area contributed by atoms with Gasteiger partial charge in [0.2, 0.25) is 0 Å². The molecule has 2 aromatic carbocycles. The van der Waals surface area contributed by atoms with E-state index in [0.717, 1.165) is 46.5 Å². The zero-order chi connectivity index (χ0) is 21.1. The first-order valence-corrected chi connectivity index (χ1v) is 9.97. The molecule has 154 valence electrons. The summed E-state index contributed by atoms with van der Waals surface area (Å²) < 4.78 is 12.7. The molecule has 0 radical (unpaired) electrons. The lowest BCUT2D eigenvalue weighted by atomic mass is 10.0. The van der Waals surface area contributed by atoms with E-state index in [9.17, 15) is 0 Å². The van der Waals surface area contributed by atoms with Crippen molar-refractivity contribution >= 4 is 11.5 Å². The quantitative estimate of drug-likeness (QED) is 0.475. The molecule has 2 heterocycles. The van der Waals surface area contributed by atoms with Gasteiger partial charge in [-0.1, -0.05) is 37.3 Å². The molecule has 0 saturated carbocycles. The Labute approximate surface area is 176 Å². The van der Waals surface area contributed by atoms with Gasteiger partial charge in [-0.15, -0.1) is 0 Å². The van der Waals surface area contributed by atoms with E-state index in [1.165, 1.54) is 5.56 Å². The number of anilines is 1. The SMILES string of the molecule is COc1cc(OC)cc(-c2cc3nc(C)cc(NCC(C)c4ccccc4)n3n2)c1. The summed E-state index contributed by atoms with van der Waals surface area (Å²) in [6, 6.07) is 20.2. The van der Waals surface area contributed by atoms with Crippen LogP contribution in [0.3, 0.4) is 0 Å². The number of aromatic nitrogens is 3. The molecular formula is C24H26N4O2. The number of nitrogens with zero attached hydrogens (tertiary/aromatic N) is 3. The van der Waals surface area contributed by atoms with Crippen molar-refractivity contribution in [3.63, 3.8) is 0 Å². The third kappa shape index (κ3) is 4.08. The second-order valence-corrected chi connectivity index (χ2v) is 7.38. The van der Waals surface area contributed by atoms with Crippen LogP contribution in [0.25, 0.3) is 16.9 Å². The average molecular weight is 402 g/mol. The van der Waals surface area contributed by atoms with E-state index < -0.39 is 0 Å². The van der Waals surface area contributed by atoms with Gasteiger partial charge < -0.3 is 14.8 Å². The molecule has 1 unspecified atom stereocenters. The number of methoxy groups -OCH3 is 2. The van der Waals surface area contributed by atoms with E-state index in [4.69, 9.17) is 14.6 Å². The Morgan fingerprint density at radius 3 is 2.33 bits per heavy atom. The standard InChI is InChI=1S/C24H26N4O2/c1-16(18-8-6-5-7-9-18)15-25-23-10-17(2)26-24-14-22(27-28(23)24)19-11-20(29-3)13-21(12-19)30-4/h5-14,16,25H,15H2,1-4H3. The Kier molecular flexibility index (Phi) is 5.57. The Hall–Kier alpha value is -3.54. The summed E-state index contributed by atoms with van der Waals surface area (Å²) in [5.74, 6) is 2.73. The number of benzene rings is 2. The summed E-state index contributed by atoms with van der Waals surface area (Å²) in [5.41, 5.74) is 4.76. The number of hydrogen-bond acceptors (Lipinski definition) is 5. The van der Waals surface area contributed by atoms with Gasteiger partial charge in [0, 0.05) is 36.0 Å². The zero-order valence-corrected chi connectivity index (χ0v) is 17.7. The number of aryl methyl sites for hydroxylation is 1. The smallest absolute Gasteiger partial charge is 0.158 e. The summed E-state index contributed by atoms with van der Waals surface area (Å²) in [6.07, 6.45) is 0. The third-order valence-electron chi connectivity index (χ3n) is 5.16. The summed E-state index contributed by atoms with van der Waals surface area (Å²) in [6.45, 7) is 5.00. The fraction of sp³-hybridized carbons (Fsp3) is 0.250. The van der Waals surface area contributed by atoms with Crippen LogP contribution in [0.5, 0.6) is 11.5 Å². The Morgan fingerprint density at radius 1 is 0.967 bits per heavy atom. The lowest BCUT2D eigenvalue weighted by molar-refractivity contribution is 0.394. The van der Waals surface area contributed by atoms with Gasteiger partial charge in [-0.05, 0) is 30.5 Å². The van der Waals surface area contributed by atoms with Gasteiger partial charge in [0.15, 0.2) is 5.65 Å². The van der Waals surface area contributed by atoms with Gasteiger partial charge in [0.05, 0.1) is 19.9 Å². The van der Waals surface area contributed by atoms with Crippen molar-refractivity contribution in [1.29, 1.82) is 0 Å². The summed E-state index contributed by atoms with van der Waals surface area (Å²) >= 11 is 0. The molecule has 6 heteroatoms. The second kappa shape index (κ2) is 8.45. The highest BCUT2D eigenvalue weighted by atomic mass is 16.5. The van der Waals surface area contributed by atoms with Crippen molar-refractivity contribution in [1.82, 2.24) is 14.6 Å². The fourth-order valence-electron chi connectivity index (χ4n) is 3.48. The molecule has 0 saturated heterocycles. The molecule has 4 aromatic rings. The van der Waals surface area contributed by atoms with Crippen LogP contribution < -0.4 is 14.8 Å². The number of ether oxygens (including phenoxy) is 2. The largest absolute Gasteiger partial charge is 0.497 e. The van der Waals surface area contributed by atoms with Gasteiger partial charge in [0.25, 0.3) is 0 Å². The molecule has 0 fully saturated rings. The number of hydrogen-bond donors (Lipinski definition) is 1. The Balaban J connectivity index is 1.66. The van der Waals surface area contributed by atoms with E-state index in [2.05, 4.69) is 41.5 Å². The molecule has 1 N–H and O–H groups in total. The van der Waals surface area contributed by atoms with Crippen LogP contribution in [-0.4, -0.2) is 35.4 Å². The van der Waals surface area contributed by atoms with Gasteiger partial charge in [0.1, 0.15) is 17.3 Å². The molecule has 0 aliphatic rings. The van der Waals surface area contributed by atoms with Crippen LogP contribution in [0.1, 0.15) is 24.1 Å². The second-order valence-electron chi connectivity index (χ2n) is 7.38. The third-order valence-corrected chi connectivity index (χ3v) is 5.16. The highest BCUT2D eigenvalue weighted by molar-refractivity contribution is 5.68. The molecule has 0 aliphatic heterocycles. The fourth-order valence-corrected chi connectivity index (χ4v) is 3.48. The lowest BCUT2D eigenvalue weighted by Gasteiger charge is -2.15. The molecular weight excluding hydrogens is 376 g/mol. The first-order chi connectivity index (χ1) is 14.6. The topological polar surface area (TPSA) is 60.7 Å². The zero-order valence-electron chi connectivity index (χ0n) is 17.7. The molecule has 0 spiro atoms. The Morgan fingerprint density at radius 2 is 1.67 bits per heavy atom. The molecule has 30 heavy (non-hydrogen) atoms. The first kappa shape index (κ1) is 19.8. The van der Waals surface area contributed by atoms with E-state index in [-0.39, 0.29) is 0 Å². The van der Waals surface area contributed by atoms with E-state index in [1.54, 1.807) is 14.2 Å². The van der Waals surface area contributed by atoms with Crippen LogP contribution in [0.2, 0.25) is 0 Å². The van der Waals surface area contributed by atoms with E-state index in [1.807, 2.05) is 47.8 Å². The highest BCUT2D eigenvalue weighted by Gasteiger charge is 2.13. The maximum atomic E-state index is 5.40. The normalized spacial score (nSPS) is 12.0. The van der Waals surface area contributed by atoms with E-state index in [0.29, 0.717) is 5.92 Å². The van der Waals surface area contributed by atoms with Crippen molar-refractivity contribution in [3.05, 3.63) is 71.9 Å². The average Bonchev–Trinajstić information content (AvgIpc) is 3.21. The van der Waals surface area contributed by atoms with Crippen LogP contribution in [-0.2, 0) is 0 Å².